The van der Waals surface area contributed by atoms with Crippen LogP contribution in [0.5, 0.6) is 0 Å². The van der Waals surface area contributed by atoms with E-state index in [-0.39, 0.29) is 0 Å². The van der Waals surface area contributed by atoms with E-state index in [0.29, 0.717) is 0 Å². The Morgan fingerprint density at radius 3 is 2.39 bits per heavy atom. The molecule has 1 N–H and O–H groups in total. The molecule has 1 heterocycles. The first-order valence-corrected chi connectivity index (χ1v) is 7.28. The van der Waals surface area contributed by atoms with Crippen LogP contribution in [0.3, 0.4) is 0 Å². The largest absolute Gasteiger partial charge is 0.444 e. The molecule has 0 saturated carbocycles. The number of oxazole rings is 1. The Bertz CT molecular complexity index is 760. The van der Waals surface area contributed by atoms with Crippen molar-refractivity contribution in [1.29, 1.82) is 0 Å². The minimum Gasteiger partial charge on any atom is -0.444 e. The minimum absolute atomic E-state index is 0.751. The molecule has 0 saturated heterocycles. The third kappa shape index (κ3) is 3.77. The highest BCUT2D eigenvalue weighted by molar-refractivity contribution is 5.81. The lowest BCUT2D eigenvalue weighted by Gasteiger charge is -2.11. The van der Waals surface area contributed by atoms with Crippen molar-refractivity contribution in [3.8, 4) is 11.3 Å². The van der Waals surface area contributed by atoms with Crippen molar-refractivity contribution < 1.29 is 4.42 Å². The SMILES string of the molecule is CN(C)c1ccc(/C=N/Nc2ccc(-c3cnco3)cc2)cc1. The highest BCUT2D eigenvalue weighted by Crippen LogP contribution is 2.20. The van der Waals surface area contributed by atoms with E-state index in [2.05, 4.69) is 32.5 Å². The van der Waals surface area contributed by atoms with Crippen LogP contribution < -0.4 is 10.3 Å². The van der Waals surface area contributed by atoms with Gasteiger partial charge in [-0.15, -0.1) is 0 Å². The van der Waals surface area contributed by atoms with Gasteiger partial charge in [0.05, 0.1) is 18.1 Å². The smallest absolute Gasteiger partial charge is 0.181 e. The Labute approximate surface area is 135 Å². The molecular formula is C18H18N4O. The molecule has 2 aromatic carbocycles. The lowest BCUT2D eigenvalue weighted by Crippen LogP contribution is -2.08. The summed E-state index contributed by atoms with van der Waals surface area (Å²) in [6, 6.07) is 16.0. The van der Waals surface area contributed by atoms with Gasteiger partial charge in [-0.2, -0.15) is 5.10 Å². The van der Waals surface area contributed by atoms with Crippen molar-refractivity contribution in [2.45, 2.75) is 0 Å². The fourth-order valence-electron chi connectivity index (χ4n) is 2.11. The zero-order chi connectivity index (χ0) is 16.1. The summed E-state index contributed by atoms with van der Waals surface area (Å²) in [5.74, 6) is 0.751. The zero-order valence-corrected chi connectivity index (χ0v) is 13.1. The van der Waals surface area contributed by atoms with Crippen LogP contribution in [-0.2, 0) is 0 Å². The van der Waals surface area contributed by atoms with E-state index in [0.717, 1.165) is 28.3 Å². The molecular weight excluding hydrogens is 288 g/mol. The molecule has 0 unspecified atom stereocenters. The second-order valence-corrected chi connectivity index (χ2v) is 5.30. The van der Waals surface area contributed by atoms with Crippen molar-refractivity contribution in [2.24, 2.45) is 5.10 Å². The van der Waals surface area contributed by atoms with Gasteiger partial charge < -0.3 is 9.32 Å². The number of hydrogen-bond acceptors (Lipinski definition) is 5. The molecule has 0 amide bonds. The van der Waals surface area contributed by atoms with E-state index < -0.39 is 0 Å². The summed E-state index contributed by atoms with van der Waals surface area (Å²) in [5, 5.41) is 4.25. The first-order valence-electron chi connectivity index (χ1n) is 7.28. The quantitative estimate of drug-likeness (QED) is 0.574. The summed E-state index contributed by atoms with van der Waals surface area (Å²) in [6.45, 7) is 0. The highest BCUT2D eigenvalue weighted by Gasteiger charge is 2.00. The van der Waals surface area contributed by atoms with Gasteiger partial charge >= 0.3 is 0 Å². The van der Waals surface area contributed by atoms with Gasteiger partial charge in [0.2, 0.25) is 0 Å². The molecule has 3 aromatic rings. The molecule has 23 heavy (non-hydrogen) atoms. The summed E-state index contributed by atoms with van der Waals surface area (Å²) < 4.78 is 5.26. The summed E-state index contributed by atoms with van der Waals surface area (Å²) >= 11 is 0. The number of aromatic nitrogens is 1. The highest BCUT2D eigenvalue weighted by atomic mass is 16.3. The van der Waals surface area contributed by atoms with Gasteiger partial charge in [0.25, 0.3) is 0 Å². The number of hydrogen-bond donors (Lipinski definition) is 1. The molecule has 1 aromatic heterocycles. The summed E-state index contributed by atoms with van der Waals surface area (Å²) in [7, 11) is 4.04. The lowest BCUT2D eigenvalue weighted by molar-refractivity contribution is 0.572. The molecule has 0 aliphatic rings. The van der Waals surface area contributed by atoms with Crippen LogP contribution >= 0.6 is 0 Å². The minimum atomic E-state index is 0.751. The van der Waals surface area contributed by atoms with Crippen molar-refractivity contribution in [3.63, 3.8) is 0 Å². The van der Waals surface area contributed by atoms with E-state index in [1.165, 1.54) is 6.39 Å². The van der Waals surface area contributed by atoms with E-state index in [1.807, 2.05) is 50.5 Å². The number of rotatable bonds is 5. The number of nitrogens with one attached hydrogen (secondary N) is 1. The van der Waals surface area contributed by atoms with Crippen LogP contribution in [0.15, 0.2) is 70.6 Å². The van der Waals surface area contributed by atoms with Gasteiger partial charge in [0, 0.05) is 25.3 Å². The maximum absolute atomic E-state index is 5.26. The Morgan fingerprint density at radius 1 is 1.04 bits per heavy atom. The molecule has 0 spiro atoms. The molecule has 116 valence electrons. The molecule has 0 atom stereocenters. The Kier molecular flexibility index (Phi) is 4.38. The average Bonchev–Trinajstić information content (AvgIpc) is 3.10. The Hall–Kier alpha value is -3.08. The summed E-state index contributed by atoms with van der Waals surface area (Å²) in [5.41, 5.74) is 7.12. The predicted molar refractivity (Wildman–Crippen MR) is 93.9 cm³/mol. The van der Waals surface area contributed by atoms with E-state index >= 15 is 0 Å². The second-order valence-electron chi connectivity index (χ2n) is 5.30. The molecule has 0 radical (unpaired) electrons. The van der Waals surface area contributed by atoms with Crippen molar-refractivity contribution in [2.75, 3.05) is 24.4 Å². The number of nitrogens with zero attached hydrogens (tertiary/aromatic N) is 3. The predicted octanol–water partition coefficient (Wildman–Crippen LogP) is 3.85. The van der Waals surface area contributed by atoms with Crippen LogP contribution in [-0.4, -0.2) is 25.3 Å². The van der Waals surface area contributed by atoms with Gasteiger partial charge in [-0.25, -0.2) is 4.98 Å². The maximum Gasteiger partial charge on any atom is 0.181 e. The molecule has 0 aliphatic carbocycles. The fourth-order valence-corrected chi connectivity index (χ4v) is 2.11. The van der Waals surface area contributed by atoms with E-state index in [1.54, 1.807) is 12.4 Å². The first-order chi connectivity index (χ1) is 11.2. The van der Waals surface area contributed by atoms with E-state index in [9.17, 15) is 0 Å². The van der Waals surface area contributed by atoms with Crippen LogP contribution in [0.2, 0.25) is 0 Å². The summed E-state index contributed by atoms with van der Waals surface area (Å²) in [6.07, 6.45) is 4.91. The normalized spacial score (nSPS) is 10.9. The maximum atomic E-state index is 5.26. The Balaban J connectivity index is 1.61. The van der Waals surface area contributed by atoms with E-state index in [4.69, 9.17) is 4.42 Å². The molecule has 5 nitrogen and oxygen atoms in total. The van der Waals surface area contributed by atoms with Crippen molar-refractivity contribution in [1.82, 2.24) is 4.98 Å². The van der Waals surface area contributed by atoms with Gasteiger partial charge in [-0.1, -0.05) is 12.1 Å². The van der Waals surface area contributed by atoms with Crippen LogP contribution in [0, 0.1) is 0 Å². The fraction of sp³-hybridized carbons (Fsp3) is 0.111. The summed E-state index contributed by atoms with van der Waals surface area (Å²) in [4.78, 5) is 5.98. The number of anilines is 2. The van der Waals surface area contributed by atoms with Crippen molar-refractivity contribution >= 4 is 17.6 Å². The zero-order valence-electron chi connectivity index (χ0n) is 13.1. The lowest BCUT2D eigenvalue weighted by atomic mass is 10.2. The molecule has 0 bridgehead atoms. The first kappa shape index (κ1) is 14.8. The van der Waals surface area contributed by atoms with Crippen molar-refractivity contribution in [3.05, 3.63) is 66.7 Å². The van der Waals surface area contributed by atoms with Gasteiger partial charge in [0.1, 0.15) is 0 Å². The van der Waals surface area contributed by atoms with Crippen LogP contribution in [0.1, 0.15) is 5.56 Å². The second kappa shape index (κ2) is 6.79. The average molecular weight is 306 g/mol. The number of benzene rings is 2. The number of hydrazone groups is 1. The monoisotopic (exact) mass is 306 g/mol. The molecule has 0 aliphatic heterocycles. The molecule has 0 fully saturated rings. The molecule has 5 heteroatoms. The van der Waals surface area contributed by atoms with Crippen LogP contribution in [0.25, 0.3) is 11.3 Å². The topological polar surface area (TPSA) is 53.7 Å². The van der Waals surface area contributed by atoms with Gasteiger partial charge in [-0.3, -0.25) is 5.43 Å². The van der Waals surface area contributed by atoms with Gasteiger partial charge in [-0.05, 0) is 42.0 Å². The van der Waals surface area contributed by atoms with Crippen LogP contribution in [0.4, 0.5) is 11.4 Å². The standard InChI is InChI=1S/C18H18N4O/c1-22(2)17-9-3-14(4-10-17)11-20-21-16-7-5-15(6-8-16)18-12-19-13-23-18/h3-13,21H,1-2H3/b20-11+. The third-order valence-electron chi connectivity index (χ3n) is 3.42. The Morgan fingerprint density at radius 2 is 1.78 bits per heavy atom. The van der Waals surface area contributed by atoms with Gasteiger partial charge in [0.15, 0.2) is 12.2 Å². The third-order valence-corrected chi connectivity index (χ3v) is 3.42. The molecule has 3 rings (SSSR count).